The van der Waals surface area contributed by atoms with Gasteiger partial charge in [-0.15, -0.1) is 0 Å². The first-order valence-corrected chi connectivity index (χ1v) is 23.8. The third-order valence-electron chi connectivity index (χ3n) is 13.0. The molecular weight excluding hydrogens is 777 g/mol. The Morgan fingerprint density at radius 3 is 1.33 bits per heavy atom. The molecule has 0 atom stereocenters. The van der Waals surface area contributed by atoms with Crippen molar-refractivity contribution < 1.29 is 0 Å². The van der Waals surface area contributed by atoms with Crippen LogP contribution in [0.5, 0.6) is 0 Å². The Hall–Kier alpha value is -7.98. The van der Waals surface area contributed by atoms with Crippen molar-refractivity contribution in [3.8, 4) is 33.6 Å². The quantitative estimate of drug-likeness (QED) is 0.107. The molecule has 0 spiro atoms. The lowest BCUT2D eigenvalue weighted by Gasteiger charge is -2.35. The first-order chi connectivity index (χ1) is 31.3. The van der Waals surface area contributed by atoms with Gasteiger partial charge in [-0.2, -0.15) is 0 Å². The molecule has 0 saturated heterocycles. The molecule has 2 aromatic heterocycles. The lowest BCUT2D eigenvalue weighted by molar-refractivity contribution is 1.17. The molecule has 2 nitrogen and oxygen atoms in total. The molecule has 63 heavy (non-hydrogen) atoms. The zero-order chi connectivity index (χ0) is 41.7. The summed E-state index contributed by atoms with van der Waals surface area (Å²) in [6, 6.07) is 94.2. The average molecular weight is 819 g/mol. The molecule has 0 unspecified atom stereocenters. The third-order valence-corrected chi connectivity index (χ3v) is 17.9. The summed E-state index contributed by atoms with van der Waals surface area (Å²) < 4.78 is 4.93. The fourth-order valence-corrected chi connectivity index (χ4v) is 15.3. The van der Waals surface area contributed by atoms with Gasteiger partial charge in [0, 0.05) is 32.9 Å². The molecule has 12 rings (SSSR count). The Labute approximate surface area is 368 Å². The van der Waals surface area contributed by atoms with Gasteiger partial charge in [-0.3, -0.25) is 0 Å². The second-order valence-electron chi connectivity index (χ2n) is 16.5. The maximum atomic E-state index is 2.50. The van der Waals surface area contributed by atoms with Crippen LogP contribution in [0.25, 0.3) is 77.2 Å². The van der Waals surface area contributed by atoms with E-state index in [1.54, 1.807) is 0 Å². The van der Waals surface area contributed by atoms with E-state index in [-0.39, 0.29) is 0 Å². The van der Waals surface area contributed by atoms with Gasteiger partial charge in [-0.1, -0.05) is 200 Å². The molecule has 0 amide bonds. The molecule has 0 saturated carbocycles. The lowest BCUT2D eigenvalue weighted by atomic mass is 9.99. The molecule has 0 bridgehead atoms. The van der Waals surface area contributed by atoms with Crippen LogP contribution in [0.4, 0.5) is 0 Å². The van der Waals surface area contributed by atoms with E-state index in [0.29, 0.717) is 0 Å². The topological polar surface area (TPSA) is 9.86 Å². The van der Waals surface area contributed by atoms with Crippen LogP contribution in [0.15, 0.2) is 255 Å². The second-order valence-corrected chi connectivity index (χ2v) is 20.2. The van der Waals surface area contributed by atoms with E-state index in [9.17, 15) is 0 Å². The van der Waals surface area contributed by atoms with Crippen LogP contribution < -0.4 is 20.7 Å². The maximum absolute atomic E-state index is 2.85. The van der Waals surface area contributed by atoms with Crippen molar-refractivity contribution in [1.82, 2.24) is 9.13 Å². The van der Waals surface area contributed by atoms with Gasteiger partial charge in [0.05, 0.1) is 22.1 Å². The summed E-state index contributed by atoms with van der Waals surface area (Å²) in [5, 5.41) is 10.5. The maximum Gasteiger partial charge on any atom is 0.180 e. The fraction of sp³-hybridized carbons (Fsp3) is 0. The summed E-state index contributed by atoms with van der Waals surface area (Å²) in [7, 11) is -2.85. The molecule has 0 aliphatic heterocycles. The Morgan fingerprint density at radius 2 is 0.683 bits per heavy atom. The van der Waals surface area contributed by atoms with Crippen LogP contribution in [0.2, 0.25) is 0 Å². The van der Waals surface area contributed by atoms with E-state index in [4.69, 9.17) is 0 Å². The van der Waals surface area contributed by atoms with E-state index in [1.807, 2.05) is 0 Å². The van der Waals surface area contributed by atoms with Crippen LogP contribution >= 0.6 is 0 Å². The van der Waals surface area contributed by atoms with Crippen LogP contribution in [0.3, 0.4) is 0 Å². The van der Waals surface area contributed by atoms with Crippen molar-refractivity contribution in [1.29, 1.82) is 0 Å². The van der Waals surface area contributed by atoms with Gasteiger partial charge >= 0.3 is 0 Å². The van der Waals surface area contributed by atoms with E-state index < -0.39 is 8.07 Å². The summed E-state index contributed by atoms with van der Waals surface area (Å²) in [5.74, 6) is 0. The Kier molecular flexibility index (Phi) is 8.87. The lowest BCUT2D eigenvalue weighted by Crippen LogP contribution is -2.74. The second kappa shape index (κ2) is 15.2. The predicted octanol–water partition coefficient (Wildman–Crippen LogP) is 12.6. The Bertz CT molecular complexity index is 3510. The smallest absolute Gasteiger partial charge is 0.180 e. The van der Waals surface area contributed by atoms with Crippen LogP contribution in [-0.2, 0) is 0 Å². The van der Waals surface area contributed by atoms with Gasteiger partial charge in [0.1, 0.15) is 0 Å². The highest BCUT2D eigenvalue weighted by Gasteiger charge is 2.43. The molecule has 12 aromatic rings. The number of aromatic nitrogens is 2. The molecule has 0 aliphatic rings. The third kappa shape index (κ3) is 5.93. The molecule has 0 radical (unpaired) electrons. The minimum Gasteiger partial charge on any atom is -0.309 e. The molecule has 10 aromatic carbocycles. The predicted molar refractivity (Wildman–Crippen MR) is 270 cm³/mol. The van der Waals surface area contributed by atoms with Crippen molar-refractivity contribution in [2.24, 2.45) is 0 Å². The van der Waals surface area contributed by atoms with E-state index in [0.717, 1.165) is 11.4 Å². The number of para-hydroxylation sites is 2. The number of hydrogen-bond acceptors (Lipinski definition) is 0. The van der Waals surface area contributed by atoms with E-state index in [1.165, 1.54) is 86.6 Å². The summed E-state index contributed by atoms with van der Waals surface area (Å²) in [6.45, 7) is 0. The fourth-order valence-electron chi connectivity index (χ4n) is 10.4. The summed E-state index contributed by atoms with van der Waals surface area (Å²) >= 11 is 0. The van der Waals surface area contributed by atoms with Crippen LogP contribution in [-0.4, -0.2) is 17.2 Å². The van der Waals surface area contributed by atoms with Crippen molar-refractivity contribution in [2.45, 2.75) is 0 Å². The molecule has 296 valence electrons. The number of benzene rings is 10. The van der Waals surface area contributed by atoms with Gasteiger partial charge in [0.2, 0.25) is 0 Å². The zero-order valence-corrected chi connectivity index (χ0v) is 35.6. The SMILES string of the molecule is c1ccc(-c2cccc(-c3cccc(-n4c5ccccc5c5cc(-n6c7ccccc7c7c([Si](c8ccccc8)(c8ccccc8)c8ccccc8)cccc76)ccc54)c3)c2)cc1. The summed E-state index contributed by atoms with van der Waals surface area (Å²) in [4.78, 5) is 0. The van der Waals surface area contributed by atoms with Crippen molar-refractivity contribution in [3.63, 3.8) is 0 Å². The minimum atomic E-state index is -2.85. The standard InChI is InChI=1S/C60H42N2Si/c1-5-20-43(21-6-1)44-22-17-23-45(40-44)46-24-18-25-47(41-46)61-55-34-15-13-32-52(55)54-42-48(38-39-57(54)61)62-56-35-16-14-33-53(56)60-58(62)36-19-37-59(60)63(49-26-7-2-8-27-49,50-28-9-3-10-29-50)51-30-11-4-12-31-51/h1-42H. The average Bonchev–Trinajstić information content (AvgIpc) is 3.89. The summed E-state index contributed by atoms with van der Waals surface area (Å²) in [5.41, 5.74) is 11.9. The van der Waals surface area contributed by atoms with Gasteiger partial charge in [-0.05, 0) is 97.6 Å². The molecule has 3 heteroatoms. The van der Waals surface area contributed by atoms with Crippen molar-refractivity contribution in [2.75, 3.05) is 0 Å². The van der Waals surface area contributed by atoms with Crippen molar-refractivity contribution in [3.05, 3.63) is 255 Å². The number of fused-ring (bicyclic) bond motifs is 6. The largest absolute Gasteiger partial charge is 0.309 e. The minimum absolute atomic E-state index is 1.14. The molecule has 2 heterocycles. The highest BCUT2D eigenvalue weighted by Crippen LogP contribution is 2.38. The molecule has 0 aliphatic carbocycles. The van der Waals surface area contributed by atoms with Crippen molar-refractivity contribution >= 4 is 72.4 Å². The van der Waals surface area contributed by atoms with E-state index in [2.05, 4.69) is 264 Å². The number of nitrogens with zero attached hydrogens (tertiary/aromatic N) is 2. The molecule has 0 N–H and O–H groups in total. The van der Waals surface area contributed by atoms with Gasteiger partial charge in [-0.25, -0.2) is 0 Å². The highest BCUT2D eigenvalue weighted by molar-refractivity contribution is 7.20. The monoisotopic (exact) mass is 818 g/mol. The first-order valence-electron chi connectivity index (χ1n) is 21.8. The summed E-state index contributed by atoms with van der Waals surface area (Å²) in [6.07, 6.45) is 0. The van der Waals surface area contributed by atoms with Gasteiger partial charge < -0.3 is 9.13 Å². The molecular formula is C60H42N2Si. The number of rotatable bonds is 8. The normalized spacial score (nSPS) is 11.8. The Morgan fingerprint density at radius 1 is 0.254 bits per heavy atom. The number of hydrogen-bond donors (Lipinski definition) is 0. The Balaban J connectivity index is 1.07. The highest BCUT2D eigenvalue weighted by atomic mass is 28.3. The zero-order valence-electron chi connectivity index (χ0n) is 34.6. The van der Waals surface area contributed by atoms with E-state index >= 15 is 0 Å². The van der Waals surface area contributed by atoms with Crippen LogP contribution in [0.1, 0.15) is 0 Å². The molecule has 0 fully saturated rings. The van der Waals surface area contributed by atoms with Gasteiger partial charge in [0.15, 0.2) is 8.07 Å². The first kappa shape index (κ1) is 36.8. The van der Waals surface area contributed by atoms with Crippen LogP contribution in [0, 0.1) is 0 Å². The van der Waals surface area contributed by atoms with Gasteiger partial charge in [0.25, 0.3) is 0 Å².